The van der Waals surface area contributed by atoms with Gasteiger partial charge in [0.2, 0.25) is 0 Å². The van der Waals surface area contributed by atoms with E-state index in [1.54, 1.807) is 0 Å². The summed E-state index contributed by atoms with van der Waals surface area (Å²) < 4.78 is 53.7. The Balaban J connectivity index is 2.54. The van der Waals surface area contributed by atoms with Crippen molar-refractivity contribution in [2.75, 3.05) is 19.0 Å². The minimum absolute atomic E-state index is 0.166. The maximum Gasteiger partial charge on any atom is 0.306 e. The van der Waals surface area contributed by atoms with Gasteiger partial charge in [-0.2, -0.15) is 8.42 Å². The zero-order chi connectivity index (χ0) is 37.0. The number of hydrogen-bond donors (Lipinski definition) is 4. The van der Waals surface area contributed by atoms with E-state index < -0.39 is 71.2 Å². The van der Waals surface area contributed by atoms with Crippen LogP contribution in [0.15, 0.2) is 12.2 Å². The average molecular weight is 737 g/mol. The zero-order valence-corrected chi connectivity index (χ0v) is 31.6. The van der Waals surface area contributed by atoms with Gasteiger partial charge in [-0.15, -0.1) is 0 Å². The molecular formula is C37H68O12S. The number of rotatable bonds is 31. The highest BCUT2D eigenvalue weighted by Crippen LogP contribution is 2.24. The maximum atomic E-state index is 12.7. The van der Waals surface area contributed by atoms with Gasteiger partial charge < -0.3 is 34.3 Å². The fraction of sp³-hybridized carbons (Fsp3) is 0.892. The Kier molecular flexibility index (Phi) is 26.8. The molecular weight excluding hydrogens is 668 g/mol. The number of ether oxygens (including phenoxy) is 4. The van der Waals surface area contributed by atoms with Crippen molar-refractivity contribution >= 4 is 22.1 Å². The van der Waals surface area contributed by atoms with Crippen molar-refractivity contribution < 1.29 is 56.8 Å². The van der Waals surface area contributed by atoms with Crippen LogP contribution in [0.3, 0.4) is 0 Å². The van der Waals surface area contributed by atoms with E-state index in [0.717, 1.165) is 57.8 Å². The lowest BCUT2D eigenvalue weighted by molar-refractivity contribution is -0.297. The molecule has 1 saturated heterocycles. The van der Waals surface area contributed by atoms with Gasteiger partial charge in [-0.3, -0.25) is 14.1 Å². The molecule has 4 N–H and O–H groups in total. The van der Waals surface area contributed by atoms with Gasteiger partial charge >= 0.3 is 11.9 Å². The first-order valence-electron chi connectivity index (χ1n) is 19.2. The molecule has 1 heterocycles. The summed E-state index contributed by atoms with van der Waals surface area (Å²) in [5.74, 6) is -1.99. The van der Waals surface area contributed by atoms with Gasteiger partial charge in [0.15, 0.2) is 12.4 Å². The van der Waals surface area contributed by atoms with Crippen molar-refractivity contribution in [2.24, 2.45) is 0 Å². The van der Waals surface area contributed by atoms with Crippen LogP contribution in [-0.4, -0.2) is 96.0 Å². The molecule has 1 aliphatic rings. The molecule has 0 saturated carbocycles. The van der Waals surface area contributed by atoms with Crippen molar-refractivity contribution in [3.63, 3.8) is 0 Å². The smallest absolute Gasteiger partial charge is 0.306 e. The van der Waals surface area contributed by atoms with Crippen molar-refractivity contribution in [1.29, 1.82) is 0 Å². The molecule has 2 unspecified atom stereocenters. The lowest BCUT2D eigenvalue weighted by Crippen LogP contribution is -2.60. The summed E-state index contributed by atoms with van der Waals surface area (Å²) >= 11 is 0. The van der Waals surface area contributed by atoms with Gasteiger partial charge in [0.25, 0.3) is 10.1 Å². The van der Waals surface area contributed by atoms with Crippen LogP contribution >= 0.6 is 0 Å². The summed E-state index contributed by atoms with van der Waals surface area (Å²) in [5.41, 5.74) is 0. The van der Waals surface area contributed by atoms with Gasteiger partial charge in [-0.1, -0.05) is 116 Å². The quantitative estimate of drug-likeness (QED) is 0.0269. The van der Waals surface area contributed by atoms with Crippen LogP contribution in [-0.2, 0) is 38.7 Å². The Hall–Kier alpha value is -1.61. The third-order valence-corrected chi connectivity index (χ3v) is 9.60. The van der Waals surface area contributed by atoms with Crippen molar-refractivity contribution in [2.45, 2.75) is 192 Å². The first-order valence-corrected chi connectivity index (χ1v) is 20.9. The number of esters is 2. The zero-order valence-electron chi connectivity index (χ0n) is 30.8. The predicted molar refractivity (Wildman–Crippen MR) is 192 cm³/mol. The molecule has 13 heteroatoms. The number of hydrogen-bond acceptors (Lipinski definition) is 11. The SMILES string of the molecule is CCCCC/C=C/CCCCCCCC(=O)OC[C@H](CO[C@H]1O[C@H](CS(=O)(=O)O)[C@@H](O)C(O)C1O)OC(=O)CCCCCCCCCCCC. The van der Waals surface area contributed by atoms with Crippen molar-refractivity contribution in [1.82, 2.24) is 0 Å². The summed E-state index contributed by atoms with van der Waals surface area (Å²) in [5, 5.41) is 30.7. The second-order valence-corrected chi connectivity index (χ2v) is 15.1. The van der Waals surface area contributed by atoms with Crippen LogP contribution < -0.4 is 0 Å². The summed E-state index contributed by atoms with van der Waals surface area (Å²) in [4.78, 5) is 25.2. The number of carbonyl (C=O) groups excluding carboxylic acids is 2. The Morgan fingerprint density at radius 3 is 1.70 bits per heavy atom. The second kappa shape index (κ2) is 28.9. The topological polar surface area (TPSA) is 186 Å². The number of aliphatic hydroxyl groups excluding tert-OH is 3. The van der Waals surface area contributed by atoms with Crippen molar-refractivity contribution in [3.05, 3.63) is 12.2 Å². The predicted octanol–water partition coefficient (Wildman–Crippen LogP) is 6.33. The van der Waals surface area contributed by atoms with E-state index >= 15 is 0 Å². The van der Waals surface area contributed by atoms with Crippen LogP contribution in [0.2, 0.25) is 0 Å². The summed E-state index contributed by atoms with van der Waals surface area (Å²) in [6.45, 7) is 3.68. The third-order valence-electron chi connectivity index (χ3n) is 8.85. The molecule has 0 aromatic heterocycles. The molecule has 12 nitrogen and oxygen atoms in total. The summed E-state index contributed by atoms with van der Waals surface area (Å²) in [6.07, 6.45) is 17.1. The normalized spacial score (nSPS) is 21.8. The van der Waals surface area contributed by atoms with E-state index in [9.17, 15) is 37.9 Å². The lowest BCUT2D eigenvalue weighted by Gasteiger charge is -2.40. The number of aliphatic hydroxyl groups is 3. The minimum Gasteiger partial charge on any atom is -0.462 e. The van der Waals surface area contributed by atoms with Crippen LogP contribution in [0.1, 0.15) is 155 Å². The maximum absolute atomic E-state index is 12.7. The summed E-state index contributed by atoms with van der Waals surface area (Å²) in [6, 6.07) is 0. The number of allylic oxidation sites excluding steroid dienone is 2. The molecule has 1 rings (SSSR count). The first kappa shape index (κ1) is 46.4. The standard InChI is InChI=1S/C37H68O12S/c1-3-5-7-9-11-13-15-16-18-19-21-23-25-32(38)46-27-30(48-33(39)26-24-22-20-17-14-12-10-8-6-4-2)28-47-37-36(42)35(41)34(40)31(49-37)29-50(43,44)45/h11,13,30-31,34-37,40-42H,3-10,12,14-29H2,1-2H3,(H,43,44,45)/b13-11+/t30-,31-,34-,35?,36?,37+/m1/s1. The highest BCUT2D eigenvalue weighted by molar-refractivity contribution is 7.85. The Labute approximate surface area is 301 Å². The molecule has 50 heavy (non-hydrogen) atoms. The van der Waals surface area contributed by atoms with Crippen LogP contribution in [0.5, 0.6) is 0 Å². The van der Waals surface area contributed by atoms with Crippen molar-refractivity contribution in [3.8, 4) is 0 Å². The second-order valence-electron chi connectivity index (χ2n) is 13.6. The largest absolute Gasteiger partial charge is 0.462 e. The van der Waals surface area contributed by atoms with Crippen LogP contribution in [0.4, 0.5) is 0 Å². The first-order chi connectivity index (χ1) is 24.0. The molecule has 1 fully saturated rings. The highest BCUT2D eigenvalue weighted by atomic mass is 32.2. The van der Waals surface area contributed by atoms with Gasteiger partial charge in [0, 0.05) is 12.8 Å². The fourth-order valence-corrected chi connectivity index (χ4v) is 6.48. The molecule has 0 aromatic carbocycles. The van der Waals surface area contributed by atoms with E-state index in [0.29, 0.717) is 12.8 Å². The molecule has 294 valence electrons. The molecule has 0 aliphatic carbocycles. The molecule has 0 bridgehead atoms. The van der Waals surface area contributed by atoms with E-state index in [1.165, 1.54) is 57.8 Å². The van der Waals surface area contributed by atoms with E-state index in [-0.39, 0.29) is 19.4 Å². The van der Waals surface area contributed by atoms with Gasteiger partial charge in [0.1, 0.15) is 36.8 Å². The molecule has 0 aromatic rings. The summed E-state index contributed by atoms with van der Waals surface area (Å²) in [7, 11) is -4.59. The highest BCUT2D eigenvalue weighted by Gasteiger charge is 2.46. The van der Waals surface area contributed by atoms with Crippen LogP contribution in [0.25, 0.3) is 0 Å². The van der Waals surface area contributed by atoms with E-state index in [4.69, 9.17) is 18.9 Å². The molecule has 1 aliphatic heterocycles. The van der Waals surface area contributed by atoms with Gasteiger partial charge in [-0.05, 0) is 38.5 Å². The molecule has 0 spiro atoms. The minimum atomic E-state index is -4.59. The van der Waals surface area contributed by atoms with Gasteiger partial charge in [0.05, 0.1) is 6.61 Å². The van der Waals surface area contributed by atoms with Crippen LogP contribution in [0, 0.1) is 0 Å². The number of unbranched alkanes of at least 4 members (excludes halogenated alkanes) is 17. The lowest BCUT2D eigenvalue weighted by atomic mass is 10.00. The van der Waals surface area contributed by atoms with E-state index in [1.807, 2.05) is 0 Å². The van der Waals surface area contributed by atoms with Gasteiger partial charge in [-0.25, -0.2) is 0 Å². The Bertz CT molecular complexity index is 1000. The van der Waals surface area contributed by atoms with E-state index in [2.05, 4.69) is 26.0 Å². The monoisotopic (exact) mass is 736 g/mol. The molecule has 0 amide bonds. The Morgan fingerprint density at radius 2 is 1.14 bits per heavy atom. The fourth-order valence-electron chi connectivity index (χ4n) is 5.79. The third kappa shape index (κ3) is 23.8. The molecule has 6 atom stereocenters. The average Bonchev–Trinajstić information content (AvgIpc) is 3.07. The Morgan fingerprint density at radius 1 is 0.660 bits per heavy atom. The molecule has 0 radical (unpaired) electrons. The number of carbonyl (C=O) groups is 2.